The first kappa shape index (κ1) is 8.31. The SMILES string of the molecule is ClCCOC1CCOCC1. The van der Waals surface area contributed by atoms with Crippen molar-refractivity contribution in [2.24, 2.45) is 0 Å². The van der Waals surface area contributed by atoms with E-state index in [1.54, 1.807) is 0 Å². The molecule has 0 spiro atoms. The predicted molar refractivity (Wildman–Crippen MR) is 40.5 cm³/mol. The van der Waals surface area contributed by atoms with Crippen molar-refractivity contribution in [2.75, 3.05) is 25.7 Å². The lowest BCUT2D eigenvalue weighted by atomic mass is 10.2. The maximum Gasteiger partial charge on any atom is 0.0619 e. The molecule has 0 aliphatic carbocycles. The topological polar surface area (TPSA) is 18.5 Å². The zero-order valence-corrected chi connectivity index (χ0v) is 6.77. The standard InChI is InChI=1S/C7H13ClO2/c8-3-6-10-7-1-4-9-5-2-7/h7H,1-6H2. The second-order valence-electron chi connectivity index (χ2n) is 2.37. The molecular weight excluding hydrogens is 152 g/mol. The van der Waals surface area contributed by atoms with Gasteiger partial charge in [-0.25, -0.2) is 0 Å². The van der Waals surface area contributed by atoms with Gasteiger partial charge in [-0.3, -0.25) is 0 Å². The molecular formula is C7H13ClO2. The van der Waals surface area contributed by atoms with E-state index >= 15 is 0 Å². The molecule has 0 saturated carbocycles. The highest BCUT2D eigenvalue weighted by molar-refractivity contribution is 6.17. The van der Waals surface area contributed by atoms with Gasteiger partial charge in [0, 0.05) is 19.1 Å². The fraction of sp³-hybridized carbons (Fsp3) is 1.00. The summed E-state index contributed by atoms with van der Waals surface area (Å²) in [6.45, 7) is 2.35. The van der Waals surface area contributed by atoms with Crippen molar-refractivity contribution < 1.29 is 9.47 Å². The number of hydrogen-bond donors (Lipinski definition) is 0. The van der Waals surface area contributed by atoms with Gasteiger partial charge >= 0.3 is 0 Å². The molecule has 0 atom stereocenters. The van der Waals surface area contributed by atoms with Crippen LogP contribution in [0, 0.1) is 0 Å². The van der Waals surface area contributed by atoms with Crippen molar-refractivity contribution in [3.63, 3.8) is 0 Å². The van der Waals surface area contributed by atoms with Crippen molar-refractivity contribution in [1.82, 2.24) is 0 Å². The van der Waals surface area contributed by atoms with E-state index in [1.807, 2.05) is 0 Å². The molecule has 1 aliphatic heterocycles. The van der Waals surface area contributed by atoms with Gasteiger partial charge in [0.1, 0.15) is 0 Å². The number of alkyl halides is 1. The second kappa shape index (κ2) is 4.94. The Morgan fingerprint density at radius 2 is 2.10 bits per heavy atom. The van der Waals surface area contributed by atoms with Crippen LogP contribution in [0.25, 0.3) is 0 Å². The minimum absolute atomic E-state index is 0.396. The molecule has 0 aromatic carbocycles. The molecule has 0 unspecified atom stereocenters. The first-order valence-corrected chi connectivity index (χ1v) is 4.22. The van der Waals surface area contributed by atoms with Crippen molar-refractivity contribution >= 4 is 11.6 Å². The molecule has 0 aromatic heterocycles. The van der Waals surface area contributed by atoms with Crippen molar-refractivity contribution in [3.05, 3.63) is 0 Å². The largest absolute Gasteiger partial charge is 0.381 e. The fourth-order valence-corrected chi connectivity index (χ4v) is 1.14. The van der Waals surface area contributed by atoms with Crippen LogP contribution in [0.4, 0.5) is 0 Å². The van der Waals surface area contributed by atoms with Gasteiger partial charge in [0.15, 0.2) is 0 Å². The van der Waals surface area contributed by atoms with Crippen LogP contribution in [-0.4, -0.2) is 31.8 Å². The zero-order valence-electron chi connectivity index (χ0n) is 6.01. The number of ether oxygens (including phenoxy) is 2. The van der Waals surface area contributed by atoms with Crippen LogP contribution < -0.4 is 0 Å². The molecule has 1 fully saturated rings. The molecule has 0 radical (unpaired) electrons. The number of rotatable bonds is 3. The maximum atomic E-state index is 5.46. The summed E-state index contributed by atoms with van der Waals surface area (Å²) in [5.74, 6) is 0.595. The Morgan fingerprint density at radius 3 is 2.70 bits per heavy atom. The van der Waals surface area contributed by atoms with Gasteiger partial charge in [-0.15, -0.1) is 11.6 Å². The predicted octanol–water partition coefficient (Wildman–Crippen LogP) is 1.42. The summed E-state index contributed by atoms with van der Waals surface area (Å²) in [6, 6.07) is 0. The number of halogens is 1. The Hall–Kier alpha value is 0.210. The van der Waals surface area contributed by atoms with Gasteiger partial charge in [-0.1, -0.05) is 0 Å². The summed E-state index contributed by atoms with van der Waals surface area (Å²) in [6.07, 6.45) is 2.45. The summed E-state index contributed by atoms with van der Waals surface area (Å²) in [5, 5.41) is 0. The molecule has 10 heavy (non-hydrogen) atoms. The third kappa shape index (κ3) is 2.86. The van der Waals surface area contributed by atoms with Crippen LogP contribution in [0.1, 0.15) is 12.8 Å². The van der Waals surface area contributed by atoms with Gasteiger partial charge in [-0.05, 0) is 12.8 Å². The highest BCUT2D eigenvalue weighted by Crippen LogP contribution is 2.09. The summed E-state index contributed by atoms with van der Waals surface area (Å²) in [4.78, 5) is 0. The van der Waals surface area contributed by atoms with E-state index in [2.05, 4.69) is 0 Å². The van der Waals surface area contributed by atoms with Crippen LogP contribution in [-0.2, 0) is 9.47 Å². The van der Waals surface area contributed by atoms with Crippen molar-refractivity contribution in [3.8, 4) is 0 Å². The summed E-state index contributed by atoms with van der Waals surface area (Å²) < 4.78 is 10.6. The fourth-order valence-electron chi connectivity index (χ4n) is 1.05. The molecule has 0 aromatic rings. The highest BCUT2D eigenvalue weighted by Gasteiger charge is 2.12. The monoisotopic (exact) mass is 164 g/mol. The lowest BCUT2D eigenvalue weighted by Crippen LogP contribution is -2.23. The van der Waals surface area contributed by atoms with Crippen LogP contribution in [0.5, 0.6) is 0 Å². The van der Waals surface area contributed by atoms with E-state index in [0.29, 0.717) is 18.6 Å². The first-order chi connectivity index (χ1) is 4.93. The van der Waals surface area contributed by atoms with E-state index in [9.17, 15) is 0 Å². The van der Waals surface area contributed by atoms with Gasteiger partial charge in [0.25, 0.3) is 0 Å². The molecule has 0 N–H and O–H groups in total. The Balaban J connectivity index is 2.02. The van der Waals surface area contributed by atoms with Crippen LogP contribution in [0.3, 0.4) is 0 Å². The Bertz CT molecular complexity index is 81.7. The van der Waals surface area contributed by atoms with Crippen molar-refractivity contribution in [1.29, 1.82) is 0 Å². The molecule has 1 heterocycles. The summed E-state index contributed by atoms with van der Waals surface area (Å²) in [5.41, 5.74) is 0. The third-order valence-corrected chi connectivity index (χ3v) is 1.75. The maximum absolute atomic E-state index is 5.46. The zero-order chi connectivity index (χ0) is 7.23. The van der Waals surface area contributed by atoms with E-state index in [4.69, 9.17) is 21.1 Å². The molecule has 0 bridgehead atoms. The lowest BCUT2D eigenvalue weighted by Gasteiger charge is -2.21. The van der Waals surface area contributed by atoms with Gasteiger partial charge in [0.05, 0.1) is 12.7 Å². The smallest absolute Gasteiger partial charge is 0.0619 e. The Morgan fingerprint density at radius 1 is 1.40 bits per heavy atom. The third-order valence-electron chi connectivity index (χ3n) is 1.60. The Labute approximate surface area is 66.5 Å². The number of hydrogen-bond acceptors (Lipinski definition) is 2. The van der Waals surface area contributed by atoms with E-state index in [1.165, 1.54) is 0 Å². The van der Waals surface area contributed by atoms with Crippen LogP contribution in [0.2, 0.25) is 0 Å². The Kier molecular flexibility index (Phi) is 4.10. The molecule has 2 nitrogen and oxygen atoms in total. The average molecular weight is 165 g/mol. The van der Waals surface area contributed by atoms with Crippen molar-refractivity contribution in [2.45, 2.75) is 18.9 Å². The second-order valence-corrected chi connectivity index (χ2v) is 2.75. The summed E-state index contributed by atoms with van der Waals surface area (Å²) in [7, 11) is 0. The van der Waals surface area contributed by atoms with Crippen LogP contribution in [0.15, 0.2) is 0 Å². The molecule has 1 aliphatic rings. The summed E-state index contributed by atoms with van der Waals surface area (Å²) >= 11 is 5.46. The van der Waals surface area contributed by atoms with E-state index in [-0.39, 0.29) is 0 Å². The molecule has 1 saturated heterocycles. The average Bonchev–Trinajstić information content (AvgIpc) is 2.03. The molecule has 1 rings (SSSR count). The minimum Gasteiger partial charge on any atom is -0.381 e. The molecule has 60 valence electrons. The minimum atomic E-state index is 0.396. The van der Waals surface area contributed by atoms with Gasteiger partial charge < -0.3 is 9.47 Å². The first-order valence-electron chi connectivity index (χ1n) is 3.69. The normalized spacial score (nSPS) is 21.3. The van der Waals surface area contributed by atoms with Crippen LogP contribution >= 0.6 is 11.6 Å². The van der Waals surface area contributed by atoms with E-state index in [0.717, 1.165) is 26.1 Å². The highest BCUT2D eigenvalue weighted by atomic mass is 35.5. The quantitative estimate of drug-likeness (QED) is 0.588. The lowest BCUT2D eigenvalue weighted by molar-refractivity contribution is -0.0266. The van der Waals surface area contributed by atoms with Gasteiger partial charge in [-0.2, -0.15) is 0 Å². The molecule has 3 heteroatoms. The van der Waals surface area contributed by atoms with E-state index < -0.39 is 0 Å². The van der Waals surface area contributed by atoms with Gasteiger partial charge in [0.2, 0.25) is 0 Å². The molecule has 0 amide bonds.